The van der Waals surface area contributed by atoms with E-state index in [1.165, 1.54) is 12.8 Å². The standard InChI is InChI=1S/C22H36N4O3/c1-5-23-22(24-14-13-20(27)26-16(2)3)25-15-17-9-8-12-19(28-4)21(17)29-18-10-6-7-11-18/h8-9,12,16,18H,5-7,10-11,13-15H2,1-4H3,(H,26,27)(H2,23,24,25). The molecule has 1 aromatic rings. The number of hydrogen-bond acceptors (Lipinski definition) is 4. The third-order valence-corrected chi connectivity index (χ3v) is 4.71. The summed E-state index contributed by atoms with van der Waals surface area (Å²) in [7, 11) is 1.66. The van der Waals surface area contributed by atoms with Gasteiger partial charge in [-0.15, -0.1) is 0 Å². The molecule has 162 valence electrons. The minimum atomic E-state index is 0.0309. The molecular weight excluding hydrogens is 368 g/mol. The van der Waals surface area contributed by atoms with Crippen molar-refractivity contribution in [2.75, 3.05) is 20.2 Å². The van der Waals surface area contributed by atoms with E-state index in [9.17, 15) is 4.79 Å². The van der Waals surface area contributed by atoms with Crippen molar-refractivity contribution < 1.29 is 14.3 Å². The summed E-state index contributed by atoms with van der Waals surface area (Å²) >= 11 is 0. The zero-order valence-electron chi connectivity index (χ0n) is 18.2. The molecule has 0 aliphatic heterocycles. The van der Waals surface area contributed by atoms with Crippen molar-refractivity contribution in [2.24, 2.45) is 4.99 Å². The minimum Gasteiger partial charge on any atom is -0.493 e. The first-order valence-corrected chi connectivity index (χ1v) is 10.7. The molecule has 1 aliphatic rings. The van der Waals surface area contributed by atoms with Crippen LogP contribution in [0, 0.1) is 0 Å². The molecule has 0 aromatic heterocycles. The average molecular weight is 405 g/mol. The smallest absolute Gasteiger partial charge is 0.221 e. The summed E-state index contributed by atoms with van der Waals surface area (Å²) in [4.78, 5) is 16.5. The third-order valence-electron chi connectivity index (χ3n) is 4.71. The van der Waals surface area contributed by atoms with Gasteiger partial charge in [-0.1, -0.05) is 12.1 Å². The maximum Gasteiger partial charge on any atom is 0.221 e. The molecule has 29 heavy (non-hydrogen) atoms. The summed E-state index contributed by atoms with van der Waals surface area (Å²) in [5.74, 6) is 2.24. The number of nitrogens with one attached hydrogen (secondary N) is 3. The Hall–Kier alpha value is -2.44. The van der Waals surface area contributed by atoms with Gasteiger partial charge in [0, 0.05) is 31.1 Å². The Balaban J connectivity index is 2.02. The second-order valence-corrected chi connectivity index (χ2v) is 7.57. The molecule has 1 fully saturated rings. The van der Waals surface area contributed by atoms with Crippen molar-refractivity contribution in [3.8, 4) is 11.5 Å². The molecule has 1 amide bonds. The number of benzene rings is 1. The topological polar surface area (TPSA) is 84.0 Å². The van der Waals surface area contributed by atoms with E-state index in [0.717, 1.165) is 36.4 Å². The molecule has 0 bridgehead atoms. The van der Waals surface area contributed by atoms with Crippen molar-refractivity contribution in [2.45, 2.75) is 71.6 Å². The van der Waals surface area contributed by atoms with E-state index in [2.05, 4.69) is 20.9 Å². The highest BCUT2D eigenvalue weighted by molar-refractivity contribution is 5.81. The number of rotatable bonds is 10. The molecule has 0 unspecified atom stereocenters. The lowest BCUT2D eigenvalue weighted by Crippen LogP contribution is -2.40. The molecule has 0 heterocycles. The molecule has 1 saturated carbocycles. The number of ether oxygens (including phenoxy) is 2. The first-order chi connectivity index (χ1) is 14.0. The van der Waals surface area contributed by atoms with Crippen molar-refractivity contribution in [1.29, 1.82) is 0 Å². The van der Waals surface area contributed by atoms with Gasteiger partial charge >= 0.3 is 0 Å². The molecular formula is C22H36N4O3. The van der Waals surface area contributed by atoms with E-state index < -0.39 is 0 Å². The van der Waals surface area contributed by atoms with Crippen LogP contribution in [0.3, 0.4) is 0 Å². The number of carbonyl (C=O) groups excluding carboxylic acids is 1. The summed E-state index contributed by atoms with van der Waals surface area (Å²) in [5.41, 5.74) is 0.992. The van der Waals surface area contributed by atoms with Crippen LogP contribution < -0.4 is 25.4 Å². The van der Waals surface area contributed by atoms with Crippen LogP contribution in [0.4, 0.5) is 0 Å². The second kappa shape index (κ2) is 12.2. The van der Waals surface area contributed by atoms with Gasteiger partial charge in [-0.2, -0.15) is 0 Å². The van der Waals surface area contributed by atoms with Gasteiger partial charge in [-0.3, -0.25) is 4.79 Å². The predicted molar refractivity (Wildman–Crippen MR) is 117 cm³/mol. The Morgan fingerprint density at radius 3 is 2.66 bits per heavy atom. The summed E-state index contributed by atoms with van der Waals surface area (Å²) in [6, 6.07) is 6.06. The van der Waals surface area contributed by atoms with Gasteiger partial charge in [0.2, 0.25) is 5.91 Å². The van der Waals surface area contributed by atoms with Gasteiger partial charge in [0.25, 0.3) is 0 Å². The zero-order chi connectivity index (χ0) is 21.1. The molecule has 7 heteroatoms. The van der Waals surface area contributed by atoms with Crippen molar-refractivity contribution in [3.63, 3.8) is 0 Å². The van der Waals surface area contributed by atoms with Crippen molar-refractivity contribution in [3.05, 3.63) is 23.8 Å². The van der Waals surface area contributed by atoms with Crippen LogP contribution in [-0.2, 0) is 11.3 Å². The lowest BCUT2D eigenvalue weighted by atomic mass is 10.1. The highest BCUT2D eigenvalue weighted by atomic mass is 16.5. The number of carbonyl (C=O) groups is 1. The molecule has 0 spiro atoms. The van der Waals surface area contributed by atoms with E-state index in [4.69, 9.17) is 9.47 Å². The lowest BCUT2D eigenvalue weighted by Gasteiger charge is -2.19. The largest absolute Gasteiger partial charge is 0.493 e. The second-order valence-electron chi connectivity index (χ2n) is 7.57. The lowest BCUT2D eigenvalue weighted by molar-refractivity contribution is -0.121. The van der Waals surface area contributed by atoms with E-state index in [1.54, 1.807) is 7.11 Å². The van der Waals surface area contributed by atoms with Crippen LogP contribution in [0.1, 0.15) is 58.4 Å². The maximum atomic E-state index is 11.8. The molecule has 7 nitrogen and oxygen atoms in total. The number of nitrogens with zero attached hydrogens (tertiary/aromatic N) is 1. The Morgan fingerprint density at radius 1 is 1.24 bits per heavy atom. The Bertz CT molecular complexity index is 670. The van der Waals surface area contributed by atoms with Crippen LogP contribution in [-0.4, -0.2) is 44.2 Å². The number of hydrogen-bond donors (Lipinski definition) is 3. The number of methoxy groups -OCH3 is 1. The maximum absolute atomic E-state index is 11.8. The number of amides is 1. The first-order valence-electron chi connectivity index (χ1n) is 10.7. The van der Waals surface area contributed by atoms with Crippen molar-refractivity contribution in [1.82, 2.24) is 16.0 Å². The number of guanidine groups is 1. The van der Waals surface area contributed by atoms with Crippen LogP contribution in [0.15, 0.2) is 23.2 Å². The van der Waals surface area contributed by atoms with Gasteiger partial charge < -0.3 is 25.4 Å². The van der Waals surface area contributed by atoms with Gasteiger partial charge in [-0.25, -0.2) is 4.99 Å². The monoisotopic (exact) mass is 404 g/mol. The van der Waals surface area contributed by atoms with Crippen LogP contribution in [0.5, 0.6) is 11.5 Å². The van der Waals surface area contributed by atoms with Gasteiger partial charge in [-0.05, 0) is 52.5 Å². The van der Waals surface area contributed by atoms with Crippen LogP contribution in [0.25, 0.3) is 0 Å². The van der Waals surface area contributed by atoms with Crippen molar-refractivity contribution >= 4 is 11.9 Å². The number of para-hydroxylation sites is 1. The highest BCUT2D eigenvalue weighted by Gasteiger charge is 2.20. The van der Waals surface area contributed by atoms with E-state index in [0.29, 0.717) is 25.5 Å². The molecule has 0 atom stereocenters. The van der Waals surface area contributed by atoms with Gasteiger partial charge in [0.05, 0.1) is 19.8 Å². The molecule has 3 N–H and O–H groups in total. The molecule has 0 saturated heterocycles. The fraction of sp³-hybridized carbons (Fsp3) is 0.636. The SMILES string of the molecule is CCNC(=NCc1cccc(OC)c1OC1CCCC1)NCCC(=O)NC(C)C. The van der Waals surface area contributed by atoms with Crippen LogP contribution in [0.2, 0.25) is 0 Å². The summed E-state index contributed by atoms with van der Waals surface area (Å²) < 4.78 is 11.8. The third kappa shape index (κ3) is 7.83. The molecule has 1 aliphatic carbocycles. The zero-order valence-corrected chi connectivity index (χ0v) is 18.2. The average Bonchev–Trinajstić information content (AvgIpc) is 3.19. The Kier molecular flexibility index (Phi) is 9.60. The Morgan fingerprint density at radius 2 is 2.00 bits per heavy atom. The summed E-state index contributed by atoms with van der Waals surface area (Å²) in [5, 5.41) is 9.34. The molecule has 1 aromatic carbocycles. The van der Waals surface area contributed by atoms with E-state index in [-0.39, 0.29) is 18.1 Å². The first kappa shape index (κ1) is 22.8. The predicted octanol–water partition coefficient (Wildman–Crippen LogP) is 2.99. The summed E-state index contributed by atoms with van der Waals surface area (Å²) in [6.45, 7) is 7.66. The Labute approximate surface area is 174 Å². The normalized spacial score (nSPS) is 14.7. The quantitative estimate of drug-likeness (QED) is 0.412. The van der Waals surface area contributed by atoms with E-state index in [1.807, 2.05) is 39.0 Å². The minimum absolute atomic E-state index is 0.0309. The molecule has 2 rings (SSSR count). The van der Waals surface area contributed by atoms with Gasteiger partial charge in [0.15, 0.2) is 17.5 Å². The highest BCUT2D eigenvalue weighted by Crippen LogP contribution is 2.35. The summed E-state index contributed by atoms with van der Waals surface area (Å²) in [6.07, 6.45) is 5.25. The van der Waals surface area contributed by atoms with Gasteiger partial charge in [0.1, 0.15) is 0 Å². The fourth-order valence-corrected chi connectivity index (χ4v) is 3.35. The number of aliphatic imine (C=N–C) groups is 1. The molecule has 0 radical (unpaired) electrons. The van der Waals surface area contributed by atoms with Crippen LogP contribution >= 0.6 is 0 Å². The fourth-order valence-electron chi connectivity index (χ4n) is 3.35. The van der Waals surface area contributed by atoms with E-state index >= 15 is 0 Å².